The predicted octanol–water partition coefficient (Wildman–Crippen LogP) is 2.83. The summed E-state index contributed by atoms with van der Waals surface area (Å²) in [5.74, 6) is 0.182. The summed E-state index contributed by atoms with van der Waals surface area (Å²) in [7, 11) is 0. The van der Waals surface area contributed by atoms with Crippen molar-refractivity contribution in [1.82, 2.24) is 4.98 Å². The van der Waals surface area contributed by atoms with Crippen molar-refractivity contribution in [2.75, 3.05) is 4.90 Å². The molecule has 1 N–H and O–H groups in total. The van der Waals surface area contributed by atoms with E-state index in [0.717, 1.165) is 25.7 Å². The molecule has 2 aliphatic heterocycles. The van der Waals surface area contributed by atoms with Gasteiger partial charge < -0.3 is 10.0 Å². The van der Waals surface area contributed by atoms with Crippen LogP contribution in [0.1, 0.15) is 37.7 Å². The molecule has 0 spiro atoms. The fraction of sp³-hybridized carbons (Fsp3) is 0.533. The molecule has 2 bridgehead atoms. The second kappa shape index (κ2) is 5.53. The summed E-state index contributed by atoms with van der Waals surface area (Å²) in [6.45, 7) is 0. The number of nitrogens with zero attached hydrogens (tertiary/aromatic N) is 3. The first kappa shape index (κ1) is 14.2. The molecule has 2 fully saturated rings. The molecule has 2 aliphatic rings. The predicted molar refractivity (Wildman–Crippen MR) is 78.2 cm³/mol. The number of nitriles is 1. The Balaban J connectivity index is 1.86. The highest BCUT2D eigenvalue weighted by atomic mass is 35.5. The monoisotopic (exact) mass is 305 g/mol. The second-order valence-electron chi connectivity index (χ2n) is 5.84. The van der Waals surface area contributed by atoms with Crippen LogP contribution in [-0.4, -0.2) is 28.1 Å². The number of carbonyl (C=O) groups is 1. The lowest BCUT2D eigenvalue weighted by atomic mass is 9.88. The Labute approximate surface area is 128 Å². The van der Waals surface area contributed by atoms with Crippen molar-refractivity contribution in [3.8, 4) is 6.07 Å². The molecule has 2 saturated heterocycles. The quantitative estimate of drug-likeness (QED) is 0.929. The SMILES string of the molecule is N#Cc1ccnc(N2C3CCC2CC(CC(=O)O)C3)c1Cl. The van der Waals surface area contributed by atoms with Crippen LogP contribution in [0.2, 0.25) is 5.02 Å². The van der Waals surface area contributed by atoms with Gasteiger partial charge in [0.1, 0.15) is 16.9 Å². The van der Waals surface area contributed by atoms with Gasteiger partial charge in [-0.05, 0) is 37.7 Å². The molecule has 0 radical (unpaired) electrons. The van der Waals surface area contributed by atoms with Gasteiger partial charge in [-0.15, -0.1) is 0 Å². The van der Waals surface area contributed by atoms with Crippen LogP contribution < -0.4 is 4.90 Å². The molecule has 0 saturated carbocycles. The molecule has 1 aromatic rings. The van der Waals surface area contributed by atoms with E-state index in [9.17, 15) is 4.79 Å². The maximum atomic E-state index is 10.9. The van der Waals surface area contributed by atoms with Crippen LogP contribution in [0, 0.1) is 17.2 Å². The molecular formula is C15H16ClN3O2. The topological polar surface area (TPSA) is 77.2 Å². The van der Waals surface area contributed by atoms with E-state index < -0.39 is 5.97 Å². The van der Waals surface area contributed by atoms with Gasteiger partial charge >= 0.3 is 5.97 Å². The molecule has 1 aromatic heterocycles. The lowest BCUT2D eigenvalue weighted by Crippen LogP contribution is -2.44. The molecule has 0 aromatic carbocycles. The van der Waals surface area contributed by atoms with Crippen LogP contribution in [0.3, 0.4) is 0 Å². The molecule has 3 heterocycles. The average molecular weight is 306 g/mol. The summed E-state index contributed by atoms with van der Waals surface area (Å²) < 4.78 is 0. The van der Waals surface area contributed by atoms with Crippen molar-refractivity contribution >= 4 is 23.4 Å². The molecule has 110 valence electrons. The number of carboxylic acids is 1. The van der Waals surface area contributed by atoms with Gasteiger partial charge in [0.2, 0.25) is 0 Å². The van der Waals surface area contributed by atoms with Gasteiger partial charge in [-0.2, -0.15) is 5.26 Å². The third-order valence-corrected chi connectivity index (χ3v) is 4.90. The first-order valence-corrected chi connectivity index (χ1v) is 7.52. The minimum atomic E-state index is -0.726. The zero-order valence-electron chi connectivity index (χ0n) is 11.5. The zero-order valence-corrected chi connectivity index (χ0v) is 12.3. The number of rotatable bonds is 3. The molecular weight excluding hydrogens is 290 g/mol. The molecule has 0 amide bonds. The molecule has 2 unspecified atom stereocenters. The van der Waals surface area contributed by atoms with Crippen molar-refractivity contribution in [2.45, 2.75) is 44.2 Å². The van der Waals surface area contributed by atoms with Crippen molar-refractivity contribution in [3.63, 3.8) is 0 Å². The van der Waals surface area contributed by atoms with Crippen LogP contribution in [0.25, 0.3) is 0 Å². The average Bonchev–Trinajstić information content (AvgIpc) is 2.70. The van der Waals surface area contributed by atoms with Crippen LogP contribution in [-0.2, 0) is 4.79 Å². The van der Waals surface area contributed by atoms with Gasteiger partial charge in [0.05, 0.1) is 5.56 Å². The van der Waals surface area contributed by atoms with Crippen molar-refractivity contribution in [2.24, 2.45) is 5.92 Å². The van der Waals surface area contributed by atoms with E-state index in [1.54, 1.807) is 12.3 Å². The standard InChI is InChI=1S/C15H16ClN3O2/c16-14-10(8-17)3-4-18-15(14)19-11-1-2-12(19)6-9(5-11)7-13(20)21/h3-4,9,11-12H,1-2,5-7H2,(H,20,21). The van der Waals surface area contributed by atoms with Gasteiger partial charge in [-0.3, -0.25) is 4.79 Å². The summed E-state index contributed by atoms with van der Waals surface area (Å²) in [4.78, 5) is 17.5. The van der Waals surface area contributed by atoms with E-state index >= 15 is 0 Å². The van der Waals surface area contributed by atoms with Crippen molar-refractivity contribution in [3.05, 3.63) is 22.8 Å². The number of aromatic nitrogens is 1. The second-order valence-corrected chi connectivity index (χ2v) is 6.21. The molecule has 0 aliphatic carbocycles. The zero-order chi connectivity index (χ0) is 15.0. The van der Waals surface area contributed by atoms with Gasteiger partial charge in [0.25, 0.3) is 0 Å². The van der Waals surface area contributed by atoms with Crippen molar-refractivity contribution in [1.29, 1.82) is 5.26 Å². The Morgan fingerprint density at radius 2 is 2.14 bits per heavy atom. The number of aliphatic carboxylic acids is 1. The molecule has 6 heteroatoms. The minimum Gasteiger partial charge on any atom is -0.481 e. The van der Waals surface area contributed by atoms with E-state index in [1.165, 1.54) is 0 Å². The van der Waals surface area contributed by atoms with Crippen LogP contribution in [0.15, 0.2) is 12.3 Å². The Morgan fingerprint density at radius 1 is 1.48 bits per heavy atom. The number of fused-ring (bicyclic) bond motifs is 2. The van der Waals surface area contributed by atoms with Gasteiger partial charge in [-0.1, -0.05) is 11.6 Å². The van der Waals surface area contributed by atoms with E-state index in [0.29, 0.717) is 16.4 Å². The molecule has 2 atom stereocenters. The Morgan fingerprint density at radius 3 is 2.71 bits per heavy atom. The third-order valence-electron chi connectivity index (χ3n) is 4.53. The van der Waals surface area contributed by atoms with E-state index in [2.05, 4.69) is 16.0 Å². The van der Waals surface area contributed by atoms with E-state index in [4.69, 9.17) is 22.0 Å². The highest BCUT2D eigenvalue weighted by Gasteiger charge is 2.42. The number of pyridine rings is 1. The van der Waals surface area contributed by atoms with Gasteiger partial charge in [0.15, 0.2) is 0 Å². The highest BCUT2D eigenvalue weighted by molar-refractivity contribution is 6.34. The Bertz CT molecular complexity index is 599. The van der Waals surface area contributed by atoms with Crippen molar-refractivity contribution < 1.29 is 9.90 Å². The highest BCUT2D eigenvalue weighted by Crippen LogP contribution is 2.44. The lowest BCUT2D eigenvalue weighted by molar-refractivity contribution is -0.138. The third kappa shape index (κ3) is 2.56. The first-order valence-electron chi connectivity index (χ1n) is 7.15. The number of hydrogen-bond donors (Lipinski definition) is 1. The number of anilines is 1. The fourth-order valence-electron chi connectivity index (χ4n) is 3.75. The van der Waals surface area contributed by atoms with Gasteiger partial charge in [-0.25, -0.2) is 4.98 Å². The summed E-state index contributed by atoms with van der Waals surface area (Å²) in [5.41, 5.74) is 0.439. The maximum Gasteiger partial charge on any atom is 0.303 e. The largest absolute Gasteiger partial charge is 0.481 e. The minimum absolute atomic E-state index is 0.231. The van der Waals surface area contributed by atoms with Crippen LogP contribution in [0.5, 0.6) is 0 Å². The normalized spacial score (nSPS) is 27.4. The summed E-state index contributed by atoms with van der Waals surface area (Å²) in [6.07, 6.45) is 5.64. The summed E-state index contributed by atoms with van der Waals surface area (Å²) in [5, 5.41) is 18.5. The molecule has 5 nitrogen and oxygen atoms in total. The van der Waals surface area contributed by atoms with E-state index in [1.807, 2.05) is 0 Å². The van der Waals surface area contributed by atoms with Crippen LogP contribution >= 0.6 is 11.6 Å². The smallest absolute Gasteiger partial charge is 0.303 e. The fourth-order valence-corrected chi connectivity index (χ4v) is 4.00. The Kier molecular flexibility index (Phi) is 3.73. The first-order chi connectivity index (χ1) is 10.1. The number of piperidine rings is 1. The van der Waals surface area contributed by atoms with Crippen LogP contribution in [0.4, 0.5) is 5.82 Å². The summed E-state index contributed by atoms with van der Waals surface area (Å²) >= 11 is 6.30. The number of halogens is 1. The van der Waals surface area contributed by atoms with E-state index in [-0.39, 0.29) is 24.4 Å². The number of hydrogen-bond acceptors (Lipinski definition) is 4. The maximum absolute atomic E-state index is 10.9. The van der Waals surface area contributed by atoms with Gasteiger partial charge in [0, 0.05) is 24.7 Å². The number of carboxylic acid groups (broad SMARTS) is 1. The summed E-state index contributed by atoms with van der Waals surface area (Å²) in [6, 6.07) is 4.27. The molecule has 21 heavy (non-hydrogen) atoms. The Hall–Kier alpha value is -1.80. The molecule has 3 rings (SSSR count). The lowest BCUT2D eigenvalue weighted by Gasteiger charge is -2.39.